The minimum Gasteiger partial charge on any atom is -0.493 e. The Balaban J connectivity index is 2.37. The Labute approximate surface area is 128 Å². The highest BCUT2D eigenvalue weighted by atomic mass is 32.1. The lowest BCUT2D eigenvalue weighted by Gasteiger charge is -2.26. The number of para-hydroxylation sites is 1. The number of hydrogen-bond acceptors (Lipinski definition) is 3. The Morgan fingerprint density at radius 3 is 2.55 bits per heavy atom. The van der Waals surface area contributed by atoms with Crippen LogP contribution < -0.4 is 10.5 Å². The van der Waals surface area contributed by atoms with Crippen LogP contribution >= 0.6 is 12.2 Å². The third-order valence-corrected chi connectivity index (χ3v) is 3.06. The lowest BCUT2D eigenvalue weighted by atomic mass is 9.96. The van der Waals surface area contributed by atoms with Crippen molar-refractivity contribution in [2.24, 2.45) is 11.1 Å². The van der Waals surface area contributed by atoms with E-state index in [0.29, 0.717) is 17.0 Å². The van der Waals surface area contributed by atoms with Gasteiger partial charge in [-0.2, -0.15) is 0 Å². The molecule has 1 rings (SSSR count). The Morgan fingerprint density at radius 2 is 1.95 bits per heavy atom. The normalized spacial score (nSPS) is 11.7. The molecule has 0 atom stereocenters. The number of nitrogens with two attached hydrogens (primary N) is 1. The van der Waals surface area contributed by atoms with E-state index in [1.54, 1.807) is 0 Å². The average molecular weight is 294 g/mol. The van der Waals surface area contributed by atoms with Crippen molar-refractivity contribution in [1.29, 1.82) is 0 Å². The van der Waals surface area contributed by atoms with Crippen LogP contribution in [0.2, 0.25) is 0 Å². The van der Waals surface area contributed by atoms with E-state index in [-0.39, 0.29) is 0 Å². The van der Waals surface area contributed by atoms with Gasteiger partial charge in [-0.25, -0.2) is 0 Å². The molecule has 0 fully saturated rings. The van der Waals surface area contributed by atoms with Gasteiger partial charge >= 0.3 is 0 Å². The number of hydrogen-bond donors (Lipinski definition) is 1. The standard InChI is InChI=1S/C16H26N2OS/c1-16(2,3)12-18(4)10-7-11-19-14-9-6-5-8-13(14)15(17)20/h5-6,8-9H,7,10-12H2,1-4H3,(H2,17,20). The van der Waals surface area contributed by atoms with Gasteiger partial charge in [0.05, 0.1) is 12.2 Å². The van der Waals surface area contributed by atoms with Crippen molar-refractivity contribution in [3.63, 3.8) is 0 Å². The van der Waals surface area contributed by atoms with Gasteiger partial charge in [0.2, 0.25) is 0 Å². The van der Waals surface area contributed by atoms with E-state index >= 15 is 0 Å². The van der Waals surface area contributed by atoms with E-state index in [0.717, 1.165) is 30.8 Å². The molecule has 0 aliphatic carbocycles. The van der Waals surface area contributed by atoms with Crippen LogP contribution in [0.4, 0.5) is 0 Å². The van der Waals surface area contributed by atoms with E-state index in [9.17, 15) is 0 Å². The summed E-state index contributed by atoms with van der Waals surface area (Å²) in [5.41, 5.74) is 6.82. The maximum absolute atomic E-state index is 5.78. The van der Waals surface area contributed by atoms with Crippen molar-refractivity contribution in [2.75, 3.05) is 26.7 Å². The Hall–Kier alpha value is -1.13. The number of nitrogens with zero attached hydrogens (tertiary/aromatic N) is 1. The van der Waals surface area contributed by atoms with Crippen molar-refractivity contribution < 1.29 is 4.74 Å². The second kappa shape index (κ2) is 7.60. The lowest BCUT2D eigenvalue weighted by molar-refractivity contribution is 0.207. The maximum atomic E-state index is 5.78. The third-order valence-electron chi connectivity index (χ3n) is 2.84. The first-order valence-electron chi connectivity index (χ1n) is 7.00. The lowest BCUT2D eigenvalue weighted by Crippen LogP contribution is -2.30. The van der Waals surface area contributed by atoms with E-state index < -0.39 is 0 Å². The van der Waals surface area contributed by atoms with E-state index in [1.807, 2.05) is 24.3 Å². The van der Waals surface area contributed by atoms with Crippen LogP contribution in [0.1, 0.15) is 32.8 Å². The van der Waals surface area contributed by atoms with Crippen LogP contribution in [0.5, 0.6) is 5.75 Å². The summed E-state index contributed by atoms with van der Waals surface area (Å²) in [6, 6.07) is 7.65. The highest BCUT2D eigenvalue weighted by molar-refractivity contribution is 7.80. The van der Waals surface area contributed by atoms with Gasteiger partial charge in [-0.1, -0.05) is 45.1 Å². The second-order valence-electron chi connectivity index (χ2n) is 6.36. The zero-order valence-electron chi connectivity index (χ0n) is 13.0. The Kier molecular flexibility index (Phi) is 6.43. The predicted octanol–water partition coefficient (Wildman–Crippen LogP) is 3.07. The molecule has 0 aliphatic rings. The van der Waals surface area contributed by atoms with E-state index in [2.05, 4.69) is 32.7 Å². The van der Waals surface area contributed by atoms with Crippen LogP contribution in [0.15, 0.2) is 24.3 Å². The fourth-order valence-electron chi connectivity index (χ4n) is 2.20. The summed E-state index contributed by atoms with van der Waals surface area (Å²) in [6.45, 7) is 9.52. The highest BCUT2D eigenvalue weighted by Crippen LogP contribution is 2.18. The fourth-order valence-corrected chi connectivity index (χ4v) is 2.37. The van der Waals surface area contributed by atoms with Gasteiger partial charge in [0, 0.05) is 13.1 Å². The van der Waals surface area contributed by atoms with Crippen molar-refractivity contribution in [1.82, 2.24) is 4.90 Å². The summed E-state index contributed by atoms with van der Waals surface area (Å²) >= 11 is 5.02. The first-order chi connectivity index (χ1) is 9.29. The summed E-state index contributed by atoms with van der Waals surface area (Å²) in [4.78, 5) is 2.72. The summed E-state index contributed by atoms with van der Waals surface area (Å²) < 4.78 is 5.78. The second-order valence-corrected chi connectivity index (χ2v) is 6.80. The van der Waals surface area contributed by atoms with Crippen molar-refractivity contribution in [3.8, 4) is 5.75 Å². The first kappa shape index (κ1) is 16.9. The monoisotopic (exact) mass is 294 g/mol. The first-order valence-corrected chi connectivity index (χ1v) is 7.40. The summed E-state index contributed by atoms with van der Waals surface area (Å²) in [5.74, 6) is 0.776. The predicted molar refractivity (Wildman–Crippen MR) is 89.4 cm³/mol. The molecule has 1 aromatic rings. The van der Waals surface area contributed by atoms with Gasteiger partial charge in [-0.3, -0.25) is 0 Å². The zero-order valence-corrected chi connectivity index (χ0v) is 13.8. The molecule has 3 nitrogen and oxygen atoms in total. The van der Waals surface area contributed by atoms with Crippen molar-refractivity contribution in [3.05, 3.63) is 29.8 Å². The highest BCUT2D eigenvalue weighted by Gasteiger charge is 2.13. The van der Waals surface area contributed by atoms with Gasteiger partial charge in [0.15, 0.2) is 0 Å². The smallest absolute Gasteiger partial charge is 0.129 e. The molecule has 4 heteroatoms. The molecule has 0 aliphatic heterocycles. The molecule has 1 aromatic carbocycles. The van der Waals surface area contributed by atoms with E-state index in [1.165, 1.54) is 0 Å². The van der Waals surface area contributed by atoms with Crippen LogP contribution in [-0.4, -0.2) is 36.6 Å². The molecule has 0 bridgehead atoms. The summed E-state index contributed by atoms with van der Waals surface area (Å²) in [5, 5.41) is 0. The molecule has 0 saturated heterocycles. The molecule has 0 radical (unpaired) electrons. The summed E-state index contributed by atoms with van der Waals surface area (Å²) in [7, 11) is 2.15. The van der Waals surface area contributed by atoms with Crippen molar-refractivity contribution in [2.45, 2.75) is 27.2 Å². The molecule has 0 saturated carbocycles. The fraction of sp³-hybridized carbons (Fsp3) is 0.562. The molecule has 0 unspecified atom stereocenters. The SMILES string of the molecule is CN(CCCOc1ccccc1C(N)=S)CC(C)(C)C. The number of rotatable bonds is 7. The van der Waals surface area contributed by atoms with Crippen molar-refractivity contribution >= 4 is 17.2 Å². The number of benzene rings is 1. The molecule has 0 amide bonds. The number of thiocarbonyl (C=S) groups is 1. The molecule has 0 heterocycles. The Morgan fingerprint density at radius 1 is 1.30 bits per heavy atom. The quantitative estimate of drug-likeness (QED) is 0.619. The van der Waals surface area contributed by atoms with Crippen LogP contribution in [0.25, 0.3) is 0 Å². The molecule has 112 valence electrons. The van der Waals surface area contributed by atoms with Crippen LogP contribution in [0.3, 0.4) is 0 Å². The molecule has 2 N–H and O–H groups in total. The van der Waals surface area contributed by atoms with Gasteiger partial charge in [0.1, 0.15) is 10.7 Å². The minimum absolute atomic E-state index is 0.327. The van der Waals surface area contributed by atoms with E-state index in [4.69, 9.17) is 22.7 Å². The number of ether oxygens (including phenoxy) is 1. The molecule has 20 heavy (non-hydrogen) atoms. The topological polar surface area (TPSA) is 38.5 Å². The van der Waals surface area contributed by atoms with Gasteiger partial charge in [0.25, 0.3) is 0 Å². The van der Waals surface area contributed by atoms with Gasteiger partial charge < -0.3 is 15.4 Å². The maximum Gasteiger partial charge on any atom is 0.129 e. The molecular weight excluding hydrogens is 268 g/mol. The minimum atomic E-state index is 0.327. The molecular formula is C16H26N2OS. The summed E-state index contributed by atoms with van der Waals surface area (Å²) in [6.07, 6.45) is 0.984. The van der Waals surface area contributed by atoms with Crippen LogP contribution in [-0.2, 0) is 0 Å². The Bertz CT molecular complexity index is 440. The average Bonchev–Trinajstić information content (AvgIpc) is 2.33. The molecule has 0 aromatic heterocycles. The van der Waals surface area contributed by atoms with Gasteiger partial charge in [-0.05, 0) is 31.0 Å². The van der Waals surface area contributed by atoms with Gasteiger partial charge in [-0.15, -0.1) is 0 Å². The zero-order chi connectivity index (χ0) is 15.2. The molecule has 0 spiro atoms. The largest absolute Gasteiger partial charge is 0.493 e. The third kappa shape index (κ3) is 6.35. The van der Waals surface area contributed by atoms with Crippen LogP contribution in [0, 0.1) is 5.41 Å².